The summed E-state index contributed by atoms with van der Waals surface area (Å²) in [6.07, 6.45) is 12.1. The van der Waals surface area contributed by atoms with E-state index < -0.39 is 0 Å². The Balaban J connectivity index is 1.40. The average molecular weight is 583 g/mol. The van der Waals surface area contributed by atoms with Crippen molar-refractivity contribution < 1.29 is 9.57 Å². The fourth-order valence-corrected chi connectivity index (χ4v) is 6.66. The van der Waals surface area contributed by atoms with Crippen molar-refractivity contribution in [2.24, 2.45) is 0 Å². The fraction of sp³-hybridized carbons (Fsp3) is 0.250. The van der Waals surface area contributed by atoms with Crippen LogP contribution in [-0.4, -0.2) is 25.4 Å². The lowest BCUT2D eigenvalue weighted by atomic mass is 9.83. The van der Waals surface area contributed by atoms with Crippen LogP contribution >= 0.6 is 0 Å². The Morgan fingerprint density at radius 2 is 1.66 bits per heavy atom. The van der Waals surface area contributed by atoms with E-state index in [0.29, 0.717) is 0 Å². The molecule has 0 fully saturated rings. The van der Waals surface area contributed by atoms with Crippen LogP contribution in [0.1, 0.15) is 59.4 Å². The van der Waals surface area contributed by atoms with E-state index in [1.165, 1.54) is 33.5 Å². The van der Waals surface area contributed by atoms with Crippen molar-refractivity contribution in [2.45, 2.75) is 51.7 Å². The molecule has 3 unspecified atom stereocenters. The number of allylic oxidation sites excluding steroid dienone is 9. The predicted octanol–water partition coefficient (Wildman–Crippen LogP) is 9.70. The highest BCUT2D eigenvalue weighted by Gasteiger charge is 2.41. The van der Waals surface area contributed by atoms with Crippen LogP contribution in [-0.2, 0) is 9.57 Å². The zero-order valence-electron chi connectivity index (χ0n) is 26.5. The normalized spacial score (nSPS) is 21.5. The molecule has 2 heterocycles. The average Bonchev–Trinajstić information content (AvgIpc) is 3.33. The number of hydroxylamine groups is 2. The Morgan fingerprint density at radius 3 is 2.32 bits per heavy atom. The first kappa shape index (κ1) is 29.5. The molecule has 3 aromatic rings. The van der Waals surface area contributed by atoms with Gasteiger partial charge in [-0.15, -0.1) is 0 Å². The van der Waals surface area contributed by atoms with Gasteiger partial charge in [0.15, 0.2) is 5.76 Å². The number of benzene rings is 3. The highest BCUT2D eigenvalue weighted by molar-refractivity contribution is 5.75. The monoisotopic (exact) mass is 582 g/mol. The third-order valence-corrected chi connectivity index (χ3v) is 9.06. The summed E-state index contributed by atoms with van der Waals surface area (Å²) in [5, 5.41) is 1.89. The highest BCUT2D eigenvalue weighted by Crippen LogP contribution is 2.50. The quantitative estimate of drug-likeness (QED) is 0.277. The van der Waals surface area contributed by atoms with Gasteiger partial charge < -0.3 is 14.5 Å². The highest BCUT2D eigenvalue weighted by atomic mass is 16.7. The molecule has 3 aliphatic rings. The molecule has 0 N–H and O–H groups in total. The summed E-state index contributed by atoms with van der Waals surface area (Å²) in [6.45, 7) is 14.9. The summed E-state index contributed by atoms with van der Waals surface area (Å²) >= 11 is 0. The maximum absolute atomic E-state index is 6.32. The Morgan fingerprint density at radius 1 is 0.977 bits per heavy atom. The van der Waals surface area contributed by atoms with E-state index in [2.05, 4.69) is 130 Å². The van der Waals surface area contributed by atoms with Gasteiger partial charge in [-0.3, -0.25) is 0 Å². The van der Waals surface area contributed by atoms with Crippen LogP contribution in [0.5, 0.6) is 0 Å². The molecular formula is C40H42N2O2. The van der Waals surface area contributed by atoms with Crippen LogP contribution in [0.4, 0.5) is 11.4 Å². The zero-order valence-corrected chi connectivity index (χ0v) is 26.5. The second-order valence-corrected chi connectivity index (χ2v) is 11.9. The Labute approximate surface area is 262 Å². The molecule has 0 aromatic heterocycles. The van der Waals surface area contributed by atoms with Crippen LogP contribution < -0.4 is 4.90 Å². The van der Waals surface area contributed by atoms with Gasteiger partial charge in [0.25, 0.3) is 0 Å². The summed E-state index contributed by atoms with van der Waals surface area (Å²) in [7, 11) is 3.80. The third-order valence-electron chi connectivity index (χ3n) is 9.06. The molecule has 3 aromatic carbocycles. The number of ether oxygens (including phenoxy) is 1. The van der Waals surface area contributed by atoms with Crippen LogP contribution in [0.15, 0.2) is 138 Å². The number of fused-ring (bicyclic) bond motifs is 1. The number of anilines is 2. The van der Waals surface area contributed by atoms with Crippen molar-refractivity contribution in [3.05, 3.63) is 166 Å². The van der Waals surface area contributed by atoms with Gasteiger partial charge in [-0.25, -0.2) is 5.06 Å². The standard InChI is InChI=1S/C40H42N2O2/c1-8-10-11-34-28(5)33-22-18-30(24-36(33)41(6)44-38(34)9-2)31-19-23-35-37(25-31)42(32-20-14-27(4)15-21-32)40(43-7)39(35)29-16-12-26(3)13-17-29/h9-23,25,30,39-40H,2,5,8,24H2,1,3-4,6-7H3/b11-10-. The molecule has 2 aliphatic heterocycles. The minimum atomic E-state index is -0.162. The Hall–Kier alpha value is -4.54. The second-order valence-electron chi connectivity index (χ2n) is 11.9. The van der Waals surface area contributed by atoms with E-state index in [1.807, 2.05) is 19.2 Å². The molecule has 0 saturated heterocycles. The zero-order chi connectivity index (χ0) is 31.0. The van der Waals surface area contributed by atoms with Crippen LogP contribution in [0, 0.1) is 13.8 Å². The smallest absolute Gasteiger partial charge is 0.162 e. The predicted molar refractivity (Wildman–Crippen MR) is 182 cm³/mol. The molecule has 1 aliphatic carbocycles. The van der Waals surface area contributed by atoms with E-state index in [0.717, 1.165) is 46.7 Å². The number of nitrogens with zero attached hydrogens (tertiary/aromatic N) is 2. The molecule has 224 valence electrons. The molecule has 0 amide bonds. The number of hydrogen-bond donors (Lipinski definition) is 0. The largest absolute Gasteiger partial charge is 0.379 e. The van der Waals surface area contributed by atoms with Crippen molar-refractivity contribution in [1.82, 2.24) is 5.06 Å². The van der Waals surface area contributed by atoms with Gasteiger partial charge in [-0.2, -0.15) is 0 Å². The molecule has 44 heavy (non-hydrogen) atoms. The van der Waals surface area contributed by atoms with E-state index in [-0.39, 0.29) is 18.1 Å². The Kier molecular flexibility index (Phi) is 8.20. The maximum atomic E-state index is 6.32. The lowest BCUT2D eigenvalue weighted by molar-refractivity contribution is -0.0623. The van der Waals surface area contributed by atoms with E-state index in [1.54, 1.807) is 6.08 Å². The second kappa shape index (κ2) is 12.2. The van der Waals surface area contributed by atoms with Gasteiger partial charge in [0.05, 0.1) is 11.6 Å². The summed E-state index contributed by atoms with van der Waals surface area (Å²) in [6, 6.07) is 24.6. The first-order valence-corrected chi connectivity index (χ1v) is 15.5. The van der Waals surface area contributed by atoms with Crippen molar-refractivity contribution in [2.75, 3.05) is 19.1 Å². The number of methoxy groups -OCH3 is 1. The van der Waals surface area contributed by atoms with Crippen molar-refractivity contribution in [3.8, 4) is 0 Å². The topological polar surface area (TPSA) is 24.9 Å². The van der Waals surface area contributed by atoms with Gasteiger partial charge in [-0.05, 0) is 66.8 Å². The molecule has 6 rings (SSSR count). The summed E-state index contributed by atoms with van der Waals surface area (Å²) in [5.41, 5.74) is 12.8. The van der Waals surface area contributed by atoms with Gasteiger partial charge in [0.2, 0.25) is 0 Å². The summed E-state index contributed by atoms with van der Waals surface area (Å²) in [4.78, 5) is 8.69. The minimum Gasteiger partial charge on any atom is -0.379 e. The number of hydrogen-bond acceptors (Lipinski definition) is 4. The number of aryl methyl sites for hydroxylation is 2. The molecule has 4 heteroatoms. The van der Waals surface area contributed by atoms with E-state index in [4.69, 9.17) is 9.57 Å². The van der Waals surface area contributed by atoms with Crippen molar-refractivity contribution in [1.29, 1.82) is 0 Å². The van der Waals surface area contributed by atoms with Gasteiger partial charge in [-0.1, -0.05) is 104 Å². The first-order chi connectivity index (χ1) is 21.3. The molecule has 4 nitrogen and oxygen atoms in total. The summed E-state index contributed by atoms with van der Waals surface area (Å²) < 4.78 is 6.30. The molecule has 0 bridgehead atoms. The van der Waals surface area contributed by atoms with Crippen LogP contribution in [0.25, 0.3) is 0 Å². The van der Waals surface area contributed by atoms with E-state index >= 15 is 0 Å². The van der Waals surface area contributed by atoms with Crippen molar-refractivity contribution >= 4 is 11.4 Å². The first-order valence-electron chi connectivity index (χ1n) is 15.5. The van der Waals surface area contributed by atoms with Crippen LogP contribution in [0.2, 0.25) is 0 Å². The lowest BCUT2D eigenvalue weighted by Gasteiger charge is -2.30. The molecule has 0 radical (unpaired) electrons. The van der Waals surface area contributed by atoms with Crippen molar-refractivity contribution in [3.63, 3.8) is 0 Å². The van der Waals surface area contributed by atoms with Gasteiger partial charge in [0.1, 0.15) is 6.23 Å². The summed E-state index contributed by atoms with van der Waals surface area (Å²) in [5.74, 6) is 0.988. The minimum absolute atomic E-state index is 0.0878. The molecule has 0 saturated carbocycles. The van der Waals surface area contributed by atoms with Crippen LogP contribution in [0.3, 0.4) is 0 Å². The molecule has 0 spiro atoms. The van der Waals surface area contributed by atoms with Gasteiger partial charge >= 0.3 is 0 Å². The third kappa shape index (κ3) is 5.24. The SMILES string of the molecule is C=CC1=C(/C=C\CC)C(=C)C2=C(CC(c3ccc4c(c3)N(c3ccc(C)cc3)C(OC)C4c3ccc(C)cc3)C=C2)N(C)O1. The van der Waals surface area contributed by atoms with Gasteiger partial charge in [0, 0.05) is 49.0 Å². The van der Waals surface area contributed by atoms with E-state index in [9.17, 15) is 0 Å². The number of rotatable bonds is 7. The Bertz CT molecular complexity index is 1700. The molecular weight excluding hydrogens is 540 g/mol. The molecule has 3 atom stereocenters. The maximum Gasteiger partial charge on any atom is 0.162 e. The lowest BCUT2D eigenvalue weighted by Crippen LogP contribution is -2.32. The fourth-order valence-electron chi connectivity index (χ4n) is 6.66.